The van der Waals surface area contributed by atoms with Gasteiger partial charge in [-0.3, -0.25) is 29.4 Å². The van der Waals surface area contributed by atoms with E-state index in [9.17, 15) is 75.0 Å². The molecule has 27 heteroatoms. The van der Waals surface area contributed by atoms with Gasteiger partial charge in [0.25, 0.3) is 0 Å². The number of hydrazine groups is 1. The molecule has 17 N–H and O–H groups in total. The minimum absolute atomic E-state index is 0.183. The van der Waals surface area contributed by atoms with Gasteiger partial charge in [-0.25, -0.2) is 5.43 Å². The molecule has 27 nitrogen and oxygen atoms in total. The zero-order chi connectivity index (χ0) is 47.0. The number of amides is 4. The van der Waals surface area contributed by atoms with Gasteiger partial charge >= 0.3 is 0 Å². The fraction of sp³-hybridized carbons (Fsp3) is 0.861. The molecule has 0 radical (unpaired) electrons. The number of carbonyl (C=O) groups excluding carboxylic acids is 5. The van der Waals surface area contributed by atoms with E-state index in [-0.39, 0.29) is 31.8 Å². The van der Waals surface area contributed by atoms with Crippen molar-refractivity contribution < 1.29 is 103 Å². The number of hydrogen-bond donors (Lipinski definition) is 16. The van der Waals surface area contributed by atoms with Crippen molar-refractivity contribution in [3.05, 3.63) is 0 Å². The monoisotopic (exact) mass is 916 g/mol. The van der Waals surface area contributed by atoms with E-state index in [0.717, 1.165) is 0 Å². The van der Waals surface area contributed by atoms with Crippen LogP contribution in [0.2, 0.25) is 0 Å². The van der Waals surface area contributed by atoms with Crippen molar-refractivity contribution in [2.45, 2.75) is 150 Å². The summed E-state index contributed by atoms with van der Waals surface area (Å²) in [5, 5.41) is 110. The highest BCUT2D eigenvalue weighted by Crippen LogP contribution is 2.31. The number of nitrogens with two attached hydrogens (primary N) is 1. The molecule has 0 aromatic carbocycles. The number of ether oxygens (including phenoxy) is 6. The molecule has 0 spiro atoms. The SMILES string of the molecule is CC(=O)[C@H](CCCCN)NNC(=O)CCC(=O)N[C@@H](C)C(=O)NCC(=O)NCCO[C@H]1O[C@H](CO[C@H]2O[C@H](CO)[C@@H](O)[C@H](O)[C@@H]2O)[C@@H](O)[C@H](O[C@H]2O[C@H](CO)[C@@H](O)[C@H](O)[C@@H]2O)[C@@H]1O. The first-order chi connectivity index (χ1) is 29.8. The van der Waals surface area contributed by atoms with Crippen LogP contribution in [0, 0.1) is 0 Å². The summed E-state index contributed by atoms with van der Waals surface area (Å²) >= 11 is 0. The second-order valence-electron chi connectivity index (χ2n) is 15.2. The van der Waals surface area contributed by atoms with Crippen molar-refractivity contribution in [1.29, 1.82) is 0 Å². The number of unbranched alkanes of at least 4 members (excludes halogenated alkanes) is 1. The highest BCUT2D eigenvalue weighted by atomic mass is 16.7. The first kappa shape index (κ1) is 54.2. The van der Waals surface area contributed by atoms with E-state index in [1.807, 2.05) is 0 Å². The van der Waals surface area contributed by atoms with Crippen molar-refractivity contribution in [2.75, 3.05) is 46.1 Å². The molecule has 0 aliphatic carbocycles. The summed E-state index contributed by atoms with van der Waals surface area (Å²) in [5.74, 6) is -2.82. The molecular weight excluding hydrogens is 852 g/mol. The highest BCUT2D eigenvalue weighted by molar-refractivity contribution is 5.91. The number of aliphatic hydroxyl groups is 10. The minimum atomic E-state index is -1.95. The van der Waals surface area contributed by atoms with Gasteiger partial charge in [-0.1, -0.05) is 6.42 Å². The molecule has 0 saturated carbocycles. The zero-order valence-electron chi connectivity index (χ0n) is 34.8. The third-order valence-corrected chi connectivity index (χ3v) is 10.4. The number of rotatable bonds is 25. The molecule has 3 aliphatic heterocycles. The second-order valence-corrected chi connectivity index (χ2v) is 15.2. The van der Waals surface area contributed by atoms with E-state index in [2.05, 4.69) is 26.8 Å². The molecular formula is C36H64N6O21. The predicted octanol–water partition coefficient (Wildman–Crippen LogP) is -9.32. The molecule has 0 unspecified atom stereocenters. The molecule has 3 rings (SSSR count). The second kappa shape index (κ2) is 26.7. The number of nitrogens with one attached hydrogen (secondary N) is 5. The highest BCUT2D eigenvalue weighted by Gasteiger charge is 2.52. The van der Waals surface area contributed by atoms with Crippen LogP contribution < -0.4 is 32.5 Å². The number of carbonyl (C=O) groups is 5. The first-order valence-electron chi connectivity index (χ1n) is 20.4. The van der Waals surface area contributed by atoms with Crippen LogP contribution in [-0.2, 0) is 52.4 Å². The van der Waals surface area contributed by atoms with E-state index in [4.69, 9.17) is 34.2 Å². The molecule has 3 heterocycles. The van der Waals surface area contributed by atoms with Crippen molar-refractivity contribution in [1.82, 2.24) is 26.8 Å². The molecule has 364 valence electrons. The van der Waals surface area contributed by atoms with Crippen LogP contribution in [0.4, 0.5) is 0 Å². The zero-order valence-corrected chi connectivity index (χ0v) is 34.8. The average Bonchev–Trinajstić information content (AvgIpc) is 3.25. The van der Waals surface area contributed by atoms with Gasteiger partial charge in [0, 0.05) is 19.4 Å². The fourth-order valence-electron chi connectivity index (χ4n) is 6.52. The van der Waals surface area contributed by atoms with Crippen molar-refractivity contribution in [3.8, 4) is 0 Å². The van der Waals surface area contributed by atoms with Gasteiger partial charge in [0.2, 0.25) is 23.6 Å². The molecule has 0 aromatic rings. The number of aliphatic hydroxyl groups excluding tert-OH is 10. The molecule has 3 fully saturated rings. The molecule has 0 aromatic heterocycles. The quantitative estimate of drug-likeness (QED) is 0.0299. The van der Waals surface area contributed by atoms with Crippen molar-refractivity contribution in [3.63, 3.8) is 0 Å². The van der Waals surface area contributed by atoms with Crippen LogP contribution >= 0.6 is 0 Å². The molecule has 3 aliphatic rings. The van der Waals surface area contributed by atoms with Crippen LogP contribution in [0.25, 0.3) is 0 Å². The third-order valence-electron chi connectivity index (χ3n) is 10.4. The van der Waals surface area contributed by atoms with E-state index >= 15 is 0 Å². The Morgan fingerprint density at radius 2 is 1.24 bits per heavy atom. The normalized spacial score (nSPS) is 34.3. The summed E-state index contributed by atoms with van der Waals surface area (Å²) in [5.41, 5.74) is 10.5. The van der Waals surface area contributed by atoms with Crippen LogP contribution in [0.3, 0.4) is 0 Å². The van der Waals surface area contributed by atoms with Crippen molar-refractivity contribution >= 4 is 29.4 Å². The van der Waals surface area contributed by atoms with Crippen LogP contribution in [-0.4, -0.2) is 231 Å². The van der Waals surface area contributed by atoms with E-state index in [1.165, 1.54) is 13.8 Å². The Hall–Kier alpha value is -3.17. The minimum Gasteiger partial charge on any atom is -0.394 e. The number of hydrogen-bond acceptors (Lipinski definition) is 23. The van der Waals surface area contributed by atoms with Gasteiger partial charge in [0.15, 0.2) is 18.9 Å². The summed E-state index contributed by atoms with van der Waals surface area (Å²) in [6, 6.07) is -1.72. The Balaban J connectivity index is 1.50. The number of Topliss-reactive ketones (excluding diaryl/α,β-unsaturated/α-hetero) is 1. The molecule has 63 heavy (non-hydrogen) atoms. The van der Waals surface area contributed by atoms with Gasteiger partial charge < -0.3 is 101 Å². The topological polar surface area (TPSA) is 429 Å². The smallest absolute Gasteiger partial charge is 0.242 e. The van der Waals surface area contributed by atoms with Crippen LogP contribution in [0.15, 0.2) is 0 Å². The van der Waals surface area contributed by atoms with Crippen LogP contribution in [0.5, 0.6) is 0 Å². The predicted molar refractivity (Wildman–Crippen MR) is 206 cm³/mol. The summed E-state index contributed by atoms with van der Waals surface area (Å²) in [7, 11) is 0. The summed E-state index contributed by atoms with van der Waals surface area (Å²) in [4.78, 5) is 61.3. The molecule has 0 bridgehead atoms. The maximum absolute atomic E-state index is 12.5. The Bertz CT molecular complexity index is 1450. The fourth-order valence-corrected chi connectivity index (χ4v) is 6.52. The Morgan fingerprint density at radius 1 is 0.667 bits per heavy atom. The lowest BCUT2D eigenvalue weighted by Crippen LogP contribution is -2.65. The van der Waals surface area contributed by atoms with E-state index < -0.39 is 154 Å². The first-order valence-corrected chi connectivity index (χ1v) is 20.4. The Morgan fingerprint density at radius 3 is 1.84 bits per heavy atom. The molecule has 17 atom stereocenters. The molecule has 3 saturated heterocycles. The van der Waals surface area contributed by atoms with E-state index in [0.29, 0.717) is 25.8 Å². The standard InChI is InChI=1S/C36H64N6O21/c1-15(40-21(46)6-7-22(47)42-41-17(16(2)45)5-3-4-8-37)33(57)39-11-23(48)38-9-10-58-35-31(56)32(63-36-30(55)28(53)25(50)19(13-44)61-36)26(51)20(62-35)14-59-34-29(54)27(52)24(49)18(12-43)60-34/h15,17-20,24-32,34-36,41,43-44,49-56H,3-14,37H2,1-2H3,(H,38,48)(H,39,57)(H,40,46)(H,42,47)/t15-,17-,18+,19+,20+,24+,25+,26+,27-,28-,29-,30-,31-,32-,34-,35-,36+/m0/s1. The van der Waals surface area contributed by atoms with Crippen molar-refractivity contribution in [2.24, 2.45) is 5.73 Å². The summed E-state index contributed by atoms with van der Waals surface area (Å²) < 4.78 is 33.1. The lowest BCUT2D eigenvalue weighted by atomic mass is 9.96. The number of ketones is 1. The summed E-state index contributed by atoms with van der Waals surface area (Å²) in [6.07, 6.45) is -24.7. The molecule has 4 amide bonds. The lowest BCUT2D eigenvalue weighted by Gasteiger charge is -2.46. The Labute approximate surface area is 361 Å². The maximum Gasteiger partial charge on any atom is 0.242 e. The van der Waals surface area contributed by atoms with Gasteiger partial charge in [0.1, 0.15) is 85.1 Å². The van der Waals surface area contributed by atoms with Gasteiger partial charge in [-0.05, 0) is 33.2 Å². The lowest BCUT2D eigenvalue weighted by molar-refractivity contribution is -0.366. The Kier molecular flexibility index (Phi) is 23.0. The summed E-state index contributed by atoms with van der Waals surface area (Å²) in [6.45, 7) is -0.269. The third kappa shape index (κ3) is 16.0. The average molecular weight is 917 g/mol. The van der Waals surface area contributed by atoms with E-state index in [1.54, 1.807) is 0 Å². The largest absolute Gasteiger partial charge is 0.394 e. The van der Waals surface area contributed by atoms with Gasteiger partial charge in [-0.15, -0.1) is 0 Å². The van der Waals surface area contributed by atoms with Crippen LogP contribution in [0.1, 0.15) is 46.0 Å². The maximum atomic E-state index is 12.5. The van der Waals surface area contributed by atoms with Gasteiger partial charge in [0.05, 0.1) is 39.0 Å². The van der Waals surface area contributed by atoms with Gasteiger partial charge in [-0.2, -0.15) is 0 Å².